The number of hydrogen-bond acceptors (Lipinski definition) is 4. The zero-order valence-electron chi connectivity index (χ0n) is 10.9. The summed E-state index contributed by atoms with van der Waals surface area (Å²) < 4.78 is 27.4. The molecule has 1 heterocycles. The minimum atomic E-state index is -3.59. The molecule has 3 N–H and O–H groups in total. The number of nitrogens with one attached hydrogen (secondary N) is 2. The van der Waals surface area contributed by atoms with Crippen molar-refractivity contribution in [2.24, 2.45) is 11.3 Å². The summed E-state index contributed by atoms with van der Waals surface area (Å²) in [7, 11) is -3.59. The first kappa shape index (κ1) is 13.1. The van der Waals surface area contributed by atoms with Crippen LogP contribution in [0.5, 0.6) is 0 Å². The fraction of sp³-hybridized carbons (Fsp3) is 0.750. The second-order valence-electron chi connectivity index (χ2n) is 5.74. The van der Waals surface area contributed by atoms with Crippen molar-refractivity contribution in [1.82, 2.24) is 14.9 Å². The smallest absolute Gasteiger partial charge is 0.244 e. The molecule has 2 aliphatic rings. The van der Waals surface area contributed by atoms with E-state index in [-0.39, 0.29) is 22.6 Å². The van der Waals surface area contributed by atoms with Gasteiger partial charge in [0.1, 0.15) is 10.6 Å². The van der Waals surface area contributed by atoms with Gasteiger partial charge in [-0.05, 0) is 43.9 Å². The molecular formula is C12H19N3O3S. The highest BCUT2D eigenvalue weighted by Crippen LogP contribution is 2.60. The Balaban J connectivity index is 1.77. The molecule has 0 radical (unpaired) electrons. The second kappa shape index (κ2) is 4.29. The van der Waals surface area contributed by atoms with Gasteiger partial charge in [-0.3, -0.25) is 5.10 Å². The van der Waals surface area contributed by atoms with E-state index < -0.39 is 10.0 Å². The van der Waals surface area contributed by atoms with Crippen LogP contribution in [-0.4, -0.2) is 30.3 Å². The van der Waals surface area contributed by atoms with Gasteiger partial charge < -0.3 is 5.11 Å². The van der Waals surface area contributed by atoms with E-state index in [2.05, 4.69) is 14.9 Å². The number of hydrogen-bond donors (Lipinski definition) is 3. The molecular weight excluding hydrogens is 266 g/mol. The number of H-pyrrole nitrogens is 1. The number of aryl methyl sites for hydroxylation is 1. The normalized spacial score (nSPS) is 21.6. The van der Waals surface area contributed by atoms with E-state index in [9.17, 15) is 8.42 Å². The van der Waals surface area contributed by atoms with Crippen molar-refractivity contribution in [2.75, 3.05) is 6.54 Å². The second-order valence-corrected chi connectivity index (χ2v) is 7.45. The molecule has 0 amide bonds. The summed E-state index contributed by atoms with van der Waals surface area (Å²) >= 11 is 0. The molecule has 0 atom stereocenters. The van der Waals surface area contributed by atoms with Crippen molar-refractivity contribution in [3.8, 4) is 0 Å². The first-order valence-electron chi connectivity index (χ1n) is 6.63. The molecule has 0 unspecified atom stereocenters. The van der Waals surface area contributed by atoms with Crippen LogP contribution < -0.4 is 4.72 Å². The average Bonchev–Trinajstić information content (AvgIpc) is 3.23. The molecule has 0 saturated heterocycles. The van der Waals surface area contributed by atoms with E-state index in [4.69, 9.17) is 5.11 Å². The molecule has 0 aliphatic heterocycles. The minimum absolute atomic E-state index is 0.0987. The number of sulfonamides is 1. The number of aromatic nitrogens is 2. The van der Waals surface area contributed by atoms with Gasteiger partial charge in [-0.15, -0.1) is 0 Å². The van der Waals surface area contributed by atoms with E-state index in [0.717, 1.165) is 12.8 Å². The fourth-order valence-corrected chi connectivity index (χ4v) is 4.32. The fourth-order valence-electron chi connectivity index (χ4n) is 2.83. The Labute approximate surface area is 112 Å². The predicted octanol–water partition coefficient (Wildman–Crippen LogP) is 0.679. The summed E-state index contributed by atoms with van der Waals surface area (Å²) in [5, 5.41) is 15.6. The molecule has 0 aromatic carbocycles. The first-order chi connectivity index (χ1) is 8.98. The van der Waals surface area contributed by atoms with E-state index >= 15 is 0 Å². The molecule has 7 heteroatoms. The van der Waals surface area contributed by atoms with Crippen LogP contribution in [0.4, 0.5) is 0 Å². The van der Waals surface area contributed by atoms with Gasteiger partial charge in [0.2, 0.25) is 10.0 Å². The maximum atomic E-state index is 12.3. The Morgan fingerprint density at radius 2 is 2.16 bits per heavy atom. The zero-order valence-corrected chi connectivity index (χ0v) is 11.8. The topological polar surface area (TPSA) is 95.1 Å². The Hall–Kier alpha value is -0.920. The molecule has 0 bridgehead atoms. The Bertz CT molecular complexity index is 585. The van der Waals surface area contributed by atoms with Gasteiger partial charge in [-0.25, -0.2) is 13.1 Å². The molecule has 6 nitrogen and oxygen atoms in total. The summed E-state index contributed by atoms with van der Waals surface area (Å²) in [4.78, 5) is 0.0987. The highest BCUT2D eigenvalue weighted by Gasteiger charge is 2.53. The van der Waals surface area contributed by atoms with Crippen LogP contribution in [0.15, 0.2) is 4.90 Å². The highest BCUT2D eigenvalue weighted by molar-refractivity contribution is 7.89. The van der Waals surface area contributed by atoms with Crippen LogP contribution >= 0.6 is 0 Å². The molecule has 1 aromatic rings. The van der Waals surface area contributed by atoms with E-state index in [0.29, 0.717) is 18.2 Å². The predicted molar refractivity (Wildman–Crippen MR) is 68.8 cm³/mol. The summed E-state index contributed by atoms with van der Waals surface area (Å²) in [6.07, 6.45) is 4.71. The molecule has 1 aromatic heterocycles. The van der Waals surface area contributed by atoms with Gasteiger partial charge in [0.25, 0.3) is 0 Å². The van der Waals surface area contributed by atoms with Crippen LogP contribution in [-0.2, 0) is 16.6 Å². The lowest BCUT2D eigenvalue weighted by molar-refractivity contribution is 0.273. The van der Waals surface area contributed by atoms with Crippen molar-refractivity contribution < 1.29 is 13.5 Å². The van der Waals surface area contributed by atoms with Crippen molar-refractivity contribution >= 4 is 10.0 Å². The lowest BCUT2D eigenvalue weighted by Gasteiger charge is -2.15. The lowest BCUT2D eigenvalue weighted by atomic mass is 10.0. The van der Waals surface area contributed by atoms with Crippen molar-refractivity contribution in [2.45, 2.75) is 44.1 Å². The largest absolute Gasteiger partial charge is 0.390 e. The zero-order chi connectivity index (χ0) is 13.7. The van der Waals surface area contributed by atoms with Gasteiger partial charge >= 0.3 is 0 Å². The maximum Gasteiger partial charge on any atom is 0.244 e. The van der Waals surface area contributed by atoms with Crippen molar-refractivity contribution in [1.29, 1.82) is 0 Å². The number of rotatable bonds is 6. The van der Waals surface area contributed by atoms with Gasteiger partial charge in [0.15, 0.2) is 0 Å². The summed E-state index contributed by atoms with van der Waals surface area (Å²) in [5.74, 6) is 0.706. The summed E-state index contributed by atoms with van der Waals surface area (Å²) in [6.45, 7) is 1.78. The Morgan fingerprint density at radius 1 is 1.47 bits per heavy atom. The van der Waals surface area contributed by atoms with Crippen LogP contribution in [0, 0.1) is 18.3 Å². The highest BCUT2D eigenvalue weighted by atomic mass is 32.2. The number of aliphatic hydroxyl groups excluding tert-OH is 1. The monoisotopic (exact) mass is 285 g/mol. The molecule has 0 spiro atoms. The average molecular weight is 285 g/mol. The number of nitrogens with zero attached hydrogens (tertiary/aromatic N) is 1. The van der Waals surface area contributed by atoms with E-state index in [1.165, 1.54) is 12.8 Å². The molecule has 2 fully saturated rings. The third-order valence-electron chi connectivity index (χ3n) is 4.33. The molecule has 19 heavy (non-hydrogen) atoms. The van der Waals surface area contributed by atoms with Crippen LogP contribution in [0.25, 0.3) is 0 Å². The van der Waals surface area contributed by atoms with Crippen LogP contribution in [0.2, 0.25) is 0 Å². The van der Waals surface area contributed by atoms with E-state index in [1.807, 2.05) is 0 Å². The van der Waals surface area contributed by atoms with Gasteiger partial charge in [-0.1, -0.05) is 0 Å². The maximum absolute atomic E-state index is 12.3. The van der Waals surface area contributed by atoms with Crippen molar-refractivity contribution in [3.63, 3.8) is 0 Å². The SMILES string of the molecule is Cc1[nH]nc(CO)c1S(=O)(=O)NCC1(C2CC2)CC1. The van der Waals surface area contributed by atoms with Gasteiger partial charge in [0.05, 0.1) is 12.3 Å². The number of aromatic amines is 1. The van der Waals surface area contributed by atoms with Gasteiger partial charge in [0, 0.05) is 6.54 Å². The summed E-state index contributed by atoms with van der Waals surface area (Å²) in [5.41, 5.74) is 0.860. The van der Waals surface area contributed by atoms with Crippen LogP contribution in [0.1, 0.15) is 37.1 Å². The van der Waals surface area contributed by atoms with Crippen LogP contribution in [0.3, 0.4) is 0 Å². The van der Waals surface area contributed by atoms with Gasteiger partial charge in [-0.2, -0.15) is 5.10 Å². The minimum Gasteiger partial charge on any atom is -0.390 e. The third-order valence-corrected chi connectivity index (χ3v) is 5.93. The van der Waals surface area contributed by atoms with Crippen molar-refractivity contribution in [3.05, 3.63) is 11.4 Å². The molecule has 106 valence electrons. The summed E-state index contributed by atoms with van der Waals surface area (Å²) in [6, 6.07) is 0. The standard InChI is InChI=1S/C12H19N3O3S/c1-8-11(10(6-16)15-14-8)19(17,18)13-7-12(4-5-12)9-2-3-9/h9,13,16H,2-7H2,1H3,(H,14,15). The lowest BCUT2D eigenvalue weighted by Crippen LogP contribution is -2.32. The number of aliphatic hydroxyl groups is 1. The Kier molecular flexibility index (Phi) is 2.95. The first-order valence-corrected chi connectivity index (χ1v) is 8.11. The molecule has 2 saturated carbocycles. The Morgan fingerprint density at radius 3 is 2.68 bits per heavy atom. The quantitative estimate of drug-likeness (QED) is 0.716. The van der Waals surface area contributed by atoms with E-state index in [1.54, 1.807) is 6.92 Å². The molecule has 3 rings (SSSR count). The third kappa shape index (κ3) is 2.30. The molecule has 2 aliphatic carbocycles.